The molecule has 0 unspecified atom stereocenters. The number of pyridine rings is 1. The van der Waals surface area contributed by atoms with Gasteiger partial charge in [0.1, 0.15) is 0 Å². The first-order valence-corrected chi connectivity index (χ1v) is 10.8. The first-order valence-electron chi connectivity index (χ1n) is 10.8. The topological polar surface area (TPSA) is 3.88 Å². The molecule has 1 nitrogen and oxygen atoms in total. The summed E-state index contributed by atoms with van der Waals surface area (Å²) >= 11 is 0. The van der Waals surface area contributed by atoms with Crippen molar-refractivity contribution in [2.75, 3.05) is 0 Å². The Hall–Kier alpha value is -3.45. The van der Waals surface area contributed by atoms with Gasteiger partial charge in [-0.3, -0.25) is 0 Å². The summed E-state index contributed by atoms with van der Waals surface area (Å²) in [6.45, 7) is 2.97. The maximum atomic E-state index is 2.51. The second-order valence-electron chi connectivity index (χ2n) is 7.84. The zero-order valence-corrected chi connectivity index (χ0v) is 17.4. The van der Waals surface area contributed by atoms with Gasteiger partial charge < -0.3 is 0 Å². The Balaban J connectivity index is 1.88. The van der Waals surface area contributed by atoms with Gasteiger partial charge >= 0.3 is 0 Å². The predicted octanol–water partition coefficient (Wildman–Crippen LogP) is 6.65. The van der Waals surface area contributed by atoms with Crippen molar-refractivity contribution in [1.29, 1.82) is 0 Å². The van der Waals surface area contributed by atoms with Crippen LogP contribution in [0.2, 0.25) is 0 Å². The molecule has 0 amide bonds. The Morgan fingerprint density at radius 1 is 0.733 bits per heavy atom. The van der Waals surface area contributed by atoms with E-state index < -0.39 is 0 Å². The van der Waals surface area contributed by atoms with Crippen molar-refractivity contribution in [3.8, 4) is 33.6 Å². The lowest BCUT2D eigenvalue weighted by Crippen LogP contribution is -2.40. The third kappa shape index (κ3) is 3.27. The van der Waals surface area contributed by atoms with E-state index in [1.165, 1.54) is 44.8 Å². The van der Waals surface area contributed by atoms with Crippen molar-refractivity contribution in [1.82, 2.24) is 0 Å². The molecule has 0 spiro atoms. The van der Waals surface area contributed by atoms with Gasteiger partial charge in [0.15, 0.2) is 6.54 Å². The van der Waals surface area contributed by atoms with Gasteiger partial charge in [0.25, 0.3) is 0 Å². The highest BCUT2D eigenvalue weighted by atomic mass is 15.0. The SMILES string of the molecule is C/C=C/C[n+]1c(-c2ccccc2)cc(-c2ccccc2)c2c1-c1ccccc1CC2. The van der Waals surface area contributed by atoms with Crippen LogP contribution in [-0.2, 0) is 19.4 Å². The molecule has 1 aliphatic carbocycles. The normalized spacial score (nSPS) is 12.6. The van der Waals surface area contributed by atoms with Crippen molar-refractivity contribution in [3.05, 3.63) is 114 Å². The Labute approximate surface area is 179 Å². The molecule has 146 valence electrons. The van der Waals surface area contributed by atoms with Gasteiger partial charge in [-0.15, -0.1) is 0 Å². The molecule has 1 heteroatoms. The van der Waals surface area contributed by atoms with Gasteiger partial charge in [0, 0.05) is 22.8 Å². The van der Waals surface area contributed by atoms with Crippen molar-refractivity contribution in [3.63, 3.8) is 0 Å². The van der Waals surface area contributed by atoms with Crippen LogP contribution in [0.1, 0.15) is 18.1 Å². The standard InChI is InChI=1S/C29H26N/c1-2-3-20-30-28(24-15-8-5-9-16-24)21-27(22-12-6-4-7-13-22)26-19-18-23-14-10-11-17-25(23)29(26)30/h2-17,21H,18-20H2,1H3/q+1/b3-2+. The molecule has 3 aromatic carbocycles. The zero-order valence-electron chi connectivity index (χ0n) is 17.4. The second kappa shape index (κ2) is 8.12. The van der Waals surface area contributed by atoms with Gasteiger partial charge in [-0.25, -0.2) is 0 Å². The van der Waals surface area contributed by atoms with Gasteiger partial charge in [0.05, 0.1) is 0 Å². The Morgan fingerprint density at radius 2 is 1.40 bits per heavy atom. The molecule has 5 rings (SSSR count). The van der Waals surface area contributed by atoms with Crippen LogP contribution in [-0.4, -0.2) is 0 Å². The fraction of sp³-hybridized carbons (Fsp3) is 0.138. The average Bonchev–Trinajstić information content (AvgIpc) is 2.83. The molecule has 0 saturated carbocycles. The molecule has 1 heterocycles. The smallest absolute Gasteiger partial charge is 0.187 e. The van der Waals surface area contributed by atoms with Crippen LogP contribution in [0, 0.1) is 0 Å². The number of aryl methyl sites for hydroxylation is 1. The van der Waals surface area contributed by atoms with Crippen molar-refractivity contribution >= 4 is 0 Å². The van der Waals surface area contributed by atoms with Crippen molar-refractivity contribution in [2.45, 2.75) is 26.3 Å². The predicted molar refractivity (Wildman–Crippen MR) is 125 cm³/mol. The maximum absolute atomic E-state index is 2.51. The number of fused-ring (bicyclic) bond motifs is 3. The number of benzene rings is 3. The van der Waals surface area contributed by atoms with Crippen LogP contribution in [0.4, 0.5) is 0 Å². The zero-order chi connectivity index (χ0) is 20.3. The van der Waals surface area contributed by atoms with Crippen molar-refractivity contribution in [2.24, 2.45) is 0 Å². The van der Waals surface area contributed by atoms with Crippen molar-refractivity contribution < 1.29 is 4.57 Å². The summed E-state index contributed by atoms with van der Waals surface area (Å²) in [5, 5.41) is 0. The summed E-state index contributed by atoms with van der Waals surface area (Å²) in [6.07, 6.45) is 6.57. The van der Waals surface area contributed by atoms with Crippen LogP contribution >= 0.6 is 0 Å². The second-order valence-corrected chi connectivity index (χ2v) is 7.84. The van der Waals surface area contributed by atoms with E-state index >= 15 is 0 Å². The maximum Gasteiger partial charge on any atom is 0.217 e. The molecule has 1 aliphatic rings. The molecular weight excluding hydrogens is 362 g/mol. The number of aromatic nitrogens is 1. The molecule has 0 bridgehead atoms. The molecule has 0 aliphatic heterocycles. The van der Waals surface area contributed by atoms with E-state index in [1.54, 1.807) is 0 Å². The van der Waals surface area contributed by atoms with Gasteiger partial charge in [-0.05, 0) is 60.7 Å². The highest BCUT2D eigenvalue weighted by Crippen LogP contribution is 2.39. The third-order valence-corrected chi connectivity index (χ3v) is 6.05. The molecule has 0 radical (unpaired) electrons. The Morgan fingerprint density at radius 3 is 2.13 bits per heavy atom. The molecule has 0 fully saturated rings. The highest BCUT2D eigenvalue weighted by Gasteiger charge is 2.31. The lowest BCUT2D eigenvalue weighted by Gasteiger charge is -2.22. The quantitative estimate of drug-likeness (QED) is 0.272. The van der Waals surface area contributed by atoms with Gasteiger partial charge in [0.2, 0.25) is 11.4 Å². The van der Waals surface area contributed by atoms with Crippen LogP contribution in [0.3, 0.4) is 0 Å². The minimum Gasteiger partial charge on any atom is -0.187 e. The molecule has 30 heavy (non-hydrogen) atoms. The summed E-state index contributed by atoms with van der Waals surface area (Å²) in [5.41, 5.74) is 10.8. The van der Waals surface area contributed by atoms with Crippen LogP contribution in [0.15, 0.2) is 103 Å². The molecule has 0 atom stereocenters. The fourth-order valence-electron chi connectivity index (χ4n) is 4.63. The van der Waals surface area contributed by atoms with Gasteiger partial charge in [-0.2, -0.15) is 4.57 Å². The third-order valence-electron chi connectivity index (χ3n) is 6.05. The molecule has 1 aromatic heterocycles. The lowest BCUT2D eigenvalue weighted by atomic mass is 9.83. The van der Waals surface area contributed by atoms with E-state index in [1.807, 2.05) is 0 Å². The van der Waals surface area contributed by atoms with E-state index in [9.17, 15) is 0 Å². The fourth-order valence-corrected chi connectivity index (χ4v) is 4.63. The Bertz CT molecular complexity index is 1200. The summed E-state index contributed by atoms with van der Waals surface area (Å²) in [7, 11) is 0. The van der Waals surface area contributed by atoms with E-state index in [0.717, 1.165) is 19.4 Å². The number of nitrogens with zero attached hydrogens (tertiary/aromatic N) is 1. The monoisotopic (exact) mass is 388 g/mol. The highest BCUT2D eigenvalue weighted by molar-refractivity contribution is 5.80. The average molecular weight is 389 g/mol. The minimum absolute atomic E-state index is 0.868. The summed E-state index contributed by atoms with van der Waals surface area (Å²) in [4.78, 5) is 0. The number of hydrogen-bond acceptors (Lipinski definition) is 0. The largest absolute Gasteiger partial charge is 0.217 e. The number of rotatable bonds is 4. The van der Waals surface area contributed by atoms with Crippen LogP contribution in [0.25, 0.3) is 33.6 Å². The number of allylic oxidation sites excluding steroid dienone is 2. The van der Waals surface area contributed by atoms with E-state index in [0.29, 0.717) is 0 Å². The summed E-state index contributed by atoms with van der Waals surface area (Å²) in [5.74, 6) is 0. The molecule has 0 N–H and O–H groups in total. The van der Waals surface area contributed by atoms with Crippen LogP contribution < -0.4 is 4.57 Å². The first kappa shape index (κ1) is 18.6. The van der Waals surface area contributed by atoms with E-state index in [2.05, 4.69) is 115 Å². The minimum atomic E-state index is 0.868. The summed E-state index contributed by atoms with van der Waals surface area (Å²) in [6, 6.07) is 33.0. The summed E-state index contributed by atoms with van der Waals surface area (Å²) < 4.78 is 2.51. The number of hydrogen-bond donors (Lipinski definition) is 0. The Kier molecular flexibility index (Phi) is 5.03. The molecule has 0 saturated heterocycles. The lowest BCUT2D eigenvalue weighted by molar-refractivity contribution is -0.665. The molecule has 4 aromatic rings. The molecular formula is C29H26N+. The first-order chi connectivity index (χ1) is 14.9. The van der Waals surface area contributed by atoms with E-state index in [-0.39, 0.29) is 0 Å². The van der Waals surface area contributed by atoms with Crippen LogP contribution in [0.5, 0.6) is 0 Å². The van der Waals surface area contributed by atoms with E-state index in [4.69, 9.17) is 0 Å². The van der Waals surface area contributed by atoms with Gasteiger partial charge in [-0.1, -0.05) is 72.8 Å².